The highest BCUT2D eigenvalue weighted by Gasteiger charge is 2.39. The van der Waals surface area contributed by atoms with E-state index in [4.69, 9.17) is 9.47 Å². The lowest BCUT2D eigenvalue weighted by Crippen LogP contribution is -2.57. The van der Waals surface area contributed by atoms with Crippen molar-refractivity contribution in [1.82, 2.24) is 4.90 Å². The number of halogens is 1. The maximum absolute atomic E-state index is 12.4. The summed E-state index contributed by atoms with van der Waals surface area (Å²) in [5, 5.41) is 0. The van der Waals surface area contributed by atoms with Crippen LogP contribution in [0.5, 0.6) is 0 Å². The molecule has 126 valence electrons. The number of carbonyl (C=O) groups is 1. The molecule has 1 amide bonds. The molecule has 5 heteroatoms. The van der Waals surface area contributed by atoms with E-state index in [1.165, 1.54) is 5.57 Å². The molecule has 2 aliphatic rings. The zero-order valence-electron chi connectivity index (χ0n) is 13.9. The molecule has 0 aromatic heterocycles. The number of rotatable bonds is 5. The van der Waals surface area contributed by atoms with E-state index in [-0.39, 0.29) is 24.9 Å². The molecule has 0 aliphatic carbocycles. The van der Waals surface area contributed by atoms with Crippen LogP contribution in [-0.4, -0.2) is 48.6 Å². The van der Waals surface area contributed by atoms with E-state index >= 15 is 0 Å². The van der Waals surface area contributed by atoms with Crippen molar-refractivity contribution in [3.05, 3.63) is 11.6 Å². The Morgan fingerprint density at radius 3 is 2.77 bits per heavy atom. The molecule has 0 N–H and O–H groups in total. The Morgan fingerprint density at radius 1 is 1.36 bits per heavy atom. The van der Waals surface area contributed by atoms with Gasteiger partial charge in [0.15, 0.2) is 0 Å². The van der Waals surface area contributed by atoms with E-state index < -0.39 is 5.60 Å². The summed E-state index contributed by atoms with van der Waals surface area (Å²) in [5.74, 6) is 0. The zero-order valence-corrected chi connectivity index (χ0v) is 13.9. The summed E-state index contributed by atoms with van der Waals surface area (Å²) in [4.78, 5) is 14.2. The Kier molecular flexibility index (Phi) is 5.84. The van der Waals surface area contributed by atoms with E-state index in [0.717, 1.165) is 25.7 Å². The number of unbranched alkanes of at least 4 members (excludes halogenated alkanes) is 2. The molecule has 2 rings (SSSR count). The quantitative estimate of drug-likeness (QED) is 0.571. The van der Waals surface area contributed by atoms with Gasteiger partial charge >= 0.3 is 6.09 Å². The van der Waals surface area contributed by atoms with Gasteiger partial charge in [0.2, 0.25) is 0 Å². The number of ether oxygens (including phenoxy) is 2. The predicted molar refractivity (Wildman–Crippen MR) is 83.6 cm³/mol. The Bertz CT molecular complexity index is 417. The van der Waals surface area contributed by atoms with Crippen molar-refractivity contribution >= 4 is 6.09 Å². The second-order valence-corrected chi connectivity index (χ2v) is 7.17. The largest absolute Gasteiger partial charge is 0.444 e. The van der Waals surface area contributed by atoms with Gasteiger partial charge in [0, 0.05) is 0 Å². The summed E-state index contributed by atoms with van der Waals surface area (Å²) in [5.41, 5.74) is 0.889. The number of hydrogen-bond donors (Lipinski definition) is 0. The third-order valence-electron chi connectivity index (χ3n) is 4.01. The fraction of sp³-hybridized carbons (Fsp3) is 0.824. The zero-order chi connectivity index (χ0) is 16.2. The minimum atomic E-state index is -0.484. The summed E-state index contributed by atoms with van der Waals surface area (Å²) in [6, 6.07) is 0.0355. The van der Waals surface area contributed by atoms with Crippen molar-refractivity contribution in [2.24, 2.45) is 0 Å². The third-order valence-corrected chi connectivity index (χ3v) is 4.01. The molecule has 1 saturated heterocycles. The number of morpholine rings is 1. The van der Waals surface area contributed by atoms with Gasteiger partial charge in [-0.1, -0.05) is 18.1 Å². The SMILES string of the molecule is CC(C)(C)OC(=O)N1C2C=C(CCCCCF)CC1COC2. The van der Waals surface area contributed by atoms with Gasteiger partial charge < -0.3 is 9.47 Å². The van der Waals surface area contributed by atoms with Gasteiger partial charge in [0.1, 0.15) is 5.60 Å². The molecule has 2 unspecified atom stereocenters. The molecule has 2 atom stereocenters. The van der Waals surface area contributed by atoms with Crippen molar-refractivity contribution in [3.63, 3.8) is 0 Å². The van der Waals surface area contributed by atoms with Crippen LogP contribution in [0.25, 0.3) is 0 Å². The lowest BCUT2D eigenvalue weighted by atomic mass is 9.91. The van der Waals surface area contributed by atoms with Crippen molar-refractivity contribution in [2.75, 3.05) is 19.9 Å². The number of carbonyl (C=O) groups excluding carboxylic acids is 1. The molecule has 2 aliphatic heterocycles. The van der Waals surface area contributed by atoms with E-state index in [9.17, 15) is 9.18 Å². The van der Waals surface area contributed by atoms with E-state index in [2.05, 4.69) is 6.08 Å². The summed E-state index contributed by atoms with van der Waals surface area (Å²) in [7, 11) is 0. The van der Waals surface area contributed by atoms with Gasteiger partial charge in [-0.3, -0.25) is 9.29 Å². The van der Waals surface area contributed by atoms with Crippen LogP contribution < -0.4 is 0 Å². The standard InChI is InChI=1S/C17H28FNO3/c1-17(2,3)22-16(20)19-14-9-13(7-5-4-6-8-18)10-15(19)12-21-11-14/h9,14-15H,4-8,10-12H2,1-3H3. The number of fused-ring (bicyclic) bond motifs is 2. The first-order valence-corrected chi connectivity index (χ1v) is 8.25. The fourth-order valence-corrected chi connectivity index (χ4v) is 3.09. The molecule has 2 bridgehead atoms. The van der Waals surface area contributed by atoms with Gasteiger partial charge in [-0.05, 0) is 46.5 Å². The molecule has 2 heterocycles. The first kappa shape index (κ1) is 17.3. The smallest absolute Gasteiger partial charge is 0.411 e. The maximum Gasteiger partial charge on any atom is 0.411 e. The highest BCUT2D eigenvalue weighted by molar-refractivity contribution is 5.70. The molecule has 1 fully saturated rings. The summed E-state index contributed by atoms with van der Waals surface area (Å²) in [6.45, 7) is 6.51. The Morgan fingerprint density at radius 2 is 2.14 bits per heavy atom. The van der Waals surface area contributed by atoms with Gasteiger partial charge in [-0.2, -0.15) is 0 Å². The van der Waals surface area contributed by atoms with Crippen LogP contribution in [0.1, 0.15) is 52.9 Å². The van der Waals surface area contributed by atoms with E-state index in [1.807, 2.05) is 25.7 Å². The van der Waals surface area contributed by atoms with Crippen LogP contribution >= 0.6 is 0 Å². The molecule has 0 spiro atoms. The molecule has 0 aromatic carbocycles. The Balaban J connectivity index is 1.97. The van der Waals surface area contributed by atoms with Crippen molar-refractivity contribution in [3.8, 4) is 0 Å². The molecule has 0 radical (unpaired) electrons. The molecular formula is C17H28FNO3. The summed E-state index contributed by atoms with van der Waals surface area (Å²) in [6.07, 6.45) is 6.32. The fourth-order valence-electron chi connectivity index (χ4n) is 3.09. The minimum Gasteiger partial charge on any atom is -0.444 e. The van der Waals surface area contributed by atoms with Crippen LogP contribution in [-0.2, 0) is 9.47 Å². The van der Waals surface area contributed by atoms with Gasteiger partial charge in [0.05, 0.1) is 32.0 Å². The normalized spacial score (nSPS) is 24.9. The van der Waals surface area contributed by atoms with Crippen LogP contribution in [0, 0.1) is 0 Å². The minimum absolute atomic E-state index is 0.0291. The maximum atomic E-state index is 12.4. The second kappa shape index (κ2) is 7.44. The first-order chi connectivity index (χ1) is 10.4. The Hall–Kier alpha value is -1.10. The summed E-state index contributed by atoms with van der Waals surface area (Å²) >= 11 is 0. The van der Waals surface area contributed by atoms with Crippen LogP contribution in [0.15, 0.2) is 11.6 Å². The molecule has 0 aromatic rings. The molecule has 0 saturated carbocycles. The summed E-state index contributed by atoms with van der Waals surface area (Å²) < 4.78 is 23.2. The topological polar surface area (TPSA) is 38.8 Å². The predicted octanol–water partition coefficient (Wildman–Crippen LogP) is 3.85. The number of alkyl halides is 1. The molecular weight excluding hydrogens is 285 g/mol. The number of nitrogens with zero attached hydrogens (tertiary/aromatic N) is 1. The third kappa shape index (κ3) is 4.70. The number of hydrogen-bond acceptors (Lipinski definition) is 3. The van der Waals surface area contributed by atoms with Gasteiger partial charge in [0.25, 0.3) is 0 Å². The van der Waals surface area contributed by atoms with Crippen LogP contribution in [0.4, 0.5) is 9.18 Å². The number of amides is 1. The Labute approximate surface area is 132 Å². The van der Waals surface area contributed by atoms with Crippen molar-refractivity contribution in [1.29, 1.82) is 0 Å². The second-order valence-electron chi connectivity index (χ2n) is 7.17. The van der Waals surface area contributed by atoms with Gasteiger partial charge in [-0.15, -0.1) is 0 Å². The van der Waals surface area contributed by atoms with Gasteiger partial charge in [-0.25, -0.2) is 4.79 Å². The van der Waals surface area contributed by atoms with Crippen molar-refractivity contribution in [2.45, 2.75) is 70.6 Å². The average molecular weight is 313 g/mol. The highest BCUT2D eigenvalue weighted by Crippen LogP contribution is 2.31. The monoisotopic (exact) mass is 313 g/mol. The van der Waals surface area contributed by atoms with Crippen LogP contribution in [0.2, 0.25) is 0 Å². The molecule has 22 heavy (non-hydrogen) atoms. The van der Waals surface area contributed by atoms with E-state index in [1.54, 1.807) is 0 Å². The highest BCUT2D eigenvalue weighted by atomic mass is 19.1. The van der Waals surface area contributed by atoms with Crippen molar-refractivity contribution < 1.29 is 18.7 Å². The lowest BCUT2D eigenvalue weighted by Gasteiger charge is -2.44. The molecule has 4 nitrogen and oxygen atoms in total. The van der Waals surface area contributed by atoms with Crippen LogP contribution in [0.3, 0.4) is 0 Å². The average Bonchev–Trinajstić information content (AvgIpc) is 2.40. The lowest BCUT2D eigenvalue weighted by molar-refractivity contribution is -0.0538. The first-order valence-electron chi connectivity index (χ1n) is 8.25. The van der Waals surface area contributed by atoms with E-state index in [0.29, 0.717) is 19.6 Å².